The number of rotatable bonds is 5. The van der Waals surface area contributed by atoms with Crippen molar-refractivity contribution in [3.05, 3.63) is 42.2 Å². The SMILES string of the molecule is COc1cccc(-n2cc(CN(C)C(=O)[C@H]3C[C@@H](N)[C@H](O)C3)cn2)c1.Cl. The van der Waals surface area contributed by atoms with Crippen LogP contribution in [-0.2, 0) is 11.3 Å². The highest BCUT2D eigenvalue weighted by atomic mass is 35.5. The van der Waals surface area contributed by atoms with Crippen molar-refractivity contribution in [1.29, 1.82) is 0 Å². The van der Waals surface area contributed by atoms with Crippen molar-refractivity contribution in [2.45, 2.75) is 31.5 Å². The number of hydrogen-bond donors (Lipinski definition) is 2. The van der Waals surface area contributed by atoms with Crippen LogP contribution in [0.5, 0.6) is 5.75 Å². The van der Waals surface area contributed by atoms with Crippen molar-refractivity contribution < 1.29 is 14.6 Å². The van der Waals surface area contributed by atoms with Gasteiger partial charge in [-0.05, 0) is 25.0 Å². The molecule has 1 amide bonds. The van der Waals surface area contributed by atoms with Crippen LogP contribution in [0.1, 0.15) is 18.4 Å². The Balaban J connectivity index is 0.00000243. The van der Waals surface area contributed by atoms with Crippen LogP contribution in [-0.4, -0.2) is 52.0 Å². The summed E-state index contributed by atoms with van der Waals surface area (Å²) < 4.78 is 6.98. The molecule has 26 heavy (non-hydrogen) atoms. The fraction of sp³-hybridized carbons (Fsp3) is 0.444. The lowest BCUT2D eigenvalue weighted by atomic mass is 10.1. The standard InChI is InChI=1S/C18H24N4O3.ClH/c1-21(18(24)13-6-16(19)17(23)7-13)10-12-9-20-22(11-12)14-4-3-5-15(8-14)25-2;/h3-5,8-9,11,13,16-17,23H,6-7,10,19H2,1-2H3;1H/t13-,16+,17+;/m0./s1. The van der Waals surface area contributed by atoms with E-state index in [1.165, 1.54) is 0 Å². The second-order valence-electron chi connectivity index (χ2n) is 6.59. The van der Waals surface area contributed by atoms with Gasteiger partial charge in [-0.1, -0.05) is 6.07 Å². The van der Waals surface area contributed by atoms with Gasteiger partial charge in [-0.3, -0.25) is 4.79 Å². The number of amides is 1. The first-order valence-corrected chi connectivity index (χ1v) is 8.34. The zero-order chi connectivity index (χ0) is 18.0. The van der Waals surface area contributed by atoms with E-state index in [4.69, 9.17) is 10.5 Å². The van der Waals surface area contributed by atoms with Crippen molar-refractivity contribution in [1.82, 2.24) is 14.7 Å². The third-order valence-corrected chi connectivity index (χ3v) is 4.68. The first-order chi connectivity index (χ1) is 12.0. The number of carbonyl (C=O) groups excluding carboxylic acids is 1. The van der Waals surface area contributed by atoms with Gasteiger partial charge in [0.15, 0.2) is 0 Å². The molecule has 1 aliphatic rings. The minimum atomic E-state index is -0.585. The normalized spacial score (nSPS) is 21.9. The number of aliphatic hydroxyl groups excluding tert-OH is 1. The topological polar surface area (TPSA) is 93.6 Å². The minimum absolute atomic E-state index is 0. The van der Waals surface area contributed by atoms with Gasteiger partial charge in [-0.2, -0.15) is 5.10 Å². The summed E-state index contributed by atoms with van der Waals surface area (Å²) in [6, 6.07) is 7.31. The van der Waals surface area contributed by atoms with Crippen LogP contribution < -0.4 is 10.5 Å². The zero-order valence-corrected chi connectivity index (χ0v) is 15.7. The maximum Gasteiger partial charge on any atom is 0.225 e. The predicted molar refractivity (Wildman–Crippen MR) is 101 cm³/mol. The number of benzene rings is 1. The monoisotopic (exact) mass is 380 g/mol. The van der Waals surface area contributed by atoms with E-state index in [0.29, 0.717) is 19.4 Å². The van der Waals surface area contributed by atoms with Gasteiger partial charge >= 0.3 is 0 Å². The molecule has 1 aliphatic carbocycles. The molecule has 8 heteroatoms. The maximum absolute atomic E-state index is 12.5. The molecule has 3 N–H and O–H groups in total. The Hall–Kier alpha value is -2.09. The molecular weight excluding hydrogens is 356 g/mol. The summed E-state index contributed by atoms with van der Waals surface area (Å²) in [5.41, 5.74) is 7.63. The number of nitrogens with two attached hydrogens (primary N) is 1. The molecule has 1 aromatic heterocycles. The lowest BCUT2D eigenvalue weighted by molar-refractivity contribution is -0.134. The zero-order valence-electron chi connectivity index (χ0n) is 14.9. The summed E-state index contributed by atoms with van der Waals surface area (Å²) in [5, 5.41) is 14.1. The van der Waals surface area contributed by atoms with Crippen molar-refractivity contribution in [3.63, 3.8) is 0 Å². The van der Waals surface area contributed by atoms with Crippen LogP contribution in [0.25, 0.3) is 5.69 Å². The Morgan fingerprint density at radius 3 is 2.88 bits per heavy atom. The Morgan fingerprint density at radius 1 is 1.46 bits per heavy atom. The van der Waals surface area contributed by atoms with Crippen molar-refractivity contribution >= 4 is 18.3 Å². The second-order valence-corrected chi connectivity index (χ2v) is 6.59. The molecule has 1 fully saturated rings. The van der Waals surface area contributed by atoms with Gasteiger partial charge in [0.05, 0.1) is 25.1 Å². The number of hydrogen-bond acceptors (Lipinski definition) is 5. The number of aliphatic hydroxyl groups is 1. The molecule has 142 valence electrons. The Bertz CT molecular complexity index is 742. The molecule has 0 bridgehead atoms. The van der Waals surface area contributed by atoms with Crippen LogP contribution in [0.3, 0.4) is 0 Å². The van der Waals surface area contributed by atoms with Crippen molar-refractivity contribution in [3.8, 4) is 11.4 Å². The number of carbonyl (C=O) groups is 1. The average Bonchev–Trinajstić information content (AvgIpc) is 3.21. The van der Waals surface area contributed by atoms with Crippen LogP contribution in [0, 0.1) is 5.92 Å². The van der Waals surface area contributed by atoms with Gasteiger partial charge in [0.25, 0.3) is 0 Å². The van der Waals surface area contributed by atoms with E-state index in [9.17, 15) is 9.90 Å². The van der Waals surface area contributed by atoms with Gasteiger partial charge in [0, 0.05) is 43.4 Å². The van der Waals surface area contributed by atoms with Crippen LogP contribution in [0.2, 0.25) is 0 Å². The molecule has 1 heterocycles. The highest BCUT2D eigenvalue weighted by Crippen LogP contribution is 2.26. The molecule has 0 saturated heterocycles. The summed E-state index contributed by atoms with van der Waals surface area (Å²) in [6.45, 7) is 0.463. The number of methoxy groups -OCH3 is 1. The highest BCUT2D eigenvalue weighted by molar-refractivity contribution is 5.85. The Morgan fingerprint density at radius 2 is 2.23 bits per heavy atom. The van der Waals surface area contributed by atoms with E-state index >= 15 is 0 Å². The first kappa shape index (κ1) is 20.2. The van der Waals surface area contributed by atoms with Gasteiger partial charge in [0.1, 0.15) is 5.75 Å². The summed E-state index contributed by atoms with van der Waals surface area (Å²) in [7, 11) is 3.39. The van der Waals surface area contributed by atoms with Crippen molar-refractivity contribution in [2.24, 2.45) is 11.7 Å². The van der Waals surface area contributed by atoms with E-state index in [0.717, 1.165) is 17.0 Å². The van der Waals surface area contributed by atoms with E-state index < -0.39 is 6.10 Å². The molecule has 0 spiro atoms. The van der Waals surface area contributed by atoms with Gasteiger partial charge < -0.3 is 20.5 Å². The third kappa shape index (κ3) is 4.35. The fourth-order valence-electron chi connectivity index (χ4n) is 3.25. The maximum atomic E-state index is 12.5. The summed E-state index contributed by atoms with van der Waals surface area (Å²) in [6.07, 6.45) is 4.03. The van der Waals surface area contributed by atoms with Crippen LogP contribution >= 0.6 is 12.4 Å². The number of aromatic nitrogens is 2. The second kappa shape index (κ2) is 8.53. The smallest absolute Gasteiger partial charge is 0.225 e. The molecule has 3 atom stereocenters. The van der Waals surface area contributed by atoms with Gasteiger partial charge in [-0.25, -0.2) is 4.68 Å². The molecule has 1 aromatic carbocycles. The average molecular weight is 381 g/mol. The molecule has 0 unspecified atom stereocenters. The first-order valence-electron chi connectivity index (χ1n) is 8.34. The molecular formula is C18H25ClN4O3. The van der Waals surface area contributed by atoms with Crippen LogP contribution in [0.4, 0.5) is 0 Å². The van der Waals surface area contributed by atoms with E-state index in [-0.39, 0.29) is 30.3 Å². The molecule has 0 aliphatic heterocycles. The molecule has 7 nitrogen and oxygen atoms in total. The number of halogens is 1. The Kier molecular flexibility index (Phi) is 6.63. The molecule has 3 rings (SSSR count). The fourth-order valence-corrected chi connectivity index (χ4v) is 3.25. The van der Waals surface area contributed by atoms with E-state index in [1.807, 2.05) is 30.5 Å². The molecule has 0 radical (unpaired) electrons. The lowest BCUT2D eigenvalue weighted by Crippen LogP contribution is -2.32. The predicted octanol–water partition coefficient (Wildman–Crippen LogP) is 1.36. The molecule has 1 saturated carbocycles. The summed E-state index contributed by atoms with van der Waals surface area (Å²) >= 11 is 0. The summed E-state index contributed by atoms with van der Waals surface area (Å²) in [5.74, 6) is 0.572. The summed E-state index contributed by atoms with van der Waals surface area (Å²) in [4.78, 5) is 14.2. The quantitative estimate of drug-likeness (QED) is 0.816. The number of nitrogens with zero attached hydrogens (tertiary/aromatic N) is 3. The van der Waals surface area contributed by atoms with E-state index in [2.05, 4.69) is 5.10 Å². The van der Waals surface area contributed by atoms with Crippen LogP contribution in [0.15, 0.2) is 36.7 Å². The third-order valence-electron chi connectivity index (χ3n) is 4.68. The van der Waals surface area contributed by atoms with E-state index in [1.54, 1.807) is 29.9 Å². The van der Waals surface area contributed by atoms with Gasteiger partial charge in [0.2, 0.25) is 5.91 Å². The highest BCUT2D eigenvalue weighted by Gasteiger charge is 2.36. The van der Waals surface area contributed by atoms with Gasteiger partial charge in [-0.15, -0.1) is 12.4 Å². The largest absolute Gasteiger partial charge is 0.497 e. The number of ether oxygens (including phenoxy) is 1. The molecule has 2 aromatic rings. The lowest BCUT2D eigenvalue weighted by Gasteiger charge is -2.20. The Labute approximate surface area is 159 Å². The minimum Gasteiger partial charge on any atom is -0.497 e. The van der Waals surface area contributed by atoms with Crippen molar-refractivity contribution in [2.75, 3.05) is 14.2 Å².